The summed E-state index contributed by atoms with van der Waals surface area (Å²) in [4.78, 5) is 23.4. The van der Waals surface area contributed by atoms with E-state index in [1.165, 1.54) is 35.2 Å². The van der Waals surface area contributed by atoms with Crippen molar-refractivity contribution in [2.45, 2.75) is 5.67 Å². The first-order chi connectivity index (χ1) is 9.46. The molecule has 20 heavy (non-hydrogen) atoms. The van der Waals surface area contributed by atoms with Crippen LogP contribution in [0.4, 0.5) is 9.18 Å². The maximum Gasteiger partial charge on any atom is 0.410 e. The van der Waals surface area contributed by atoms with E-state index < -0.39 is 17.7 Å². The molecule has 0 aliphatic carbocycles. The number of likely N-dealkylation sites (tertiary alicyclic amines) is 1. The number of carbonyl (C=O) groups excluding carboxylic acids is 1. The second kappa shape index (κ2) is 5.32. The van der Waals surface area contributed by atoms with Crippen LogP contribution in [0.2, 0.25) is 0 Å². The van der Waals surface area contributed by atoms with Crippen molar-refractivity contribution >= 4 is 12.1 Å². The Bertz CT molecular complexity index is 535. The second-order valence-corrected chi connectivity index (χ2v) is 4.57. The van der Waals surface area contributed by atoms with Crippen LogP contribution in [-0.2, 0) is 10.4 Å². The van der Waals surface area contributed by atoms with Gasteiger partial charge in [0.15, 0.2) is 5.67 Å². The average Bonchev–Trinajstić information content (AvgIpc) is 2.41. The van der Waals surface area contributed by atoms with E-state index in [1.54, 1.807) is 0 Å². The topological polar surface area (TPSA) is 66.8 Å². The summed E-state index contributed by atoms with van der Waals surface area (Å²) in [5.74, 6) is -1.06. The number of carbonyl (C=O) groups is 2. The number of ether oxygens (including phenoxy) is 1. The summed E-state index contributed by atoms with van der Waals surface area (Å²) in [6.07, 6.45) is 0.852. The normalized spacial score (nSPS) is 16.1. The van der Waals surface area contributed by atoms with Gasteiger partial charge in [0.25, 0.3) is 0 Å². The van der Waals surface area contributed by atoms with Crippen LogP contribution in [0, 0.1) is 0 Å². The third-order valence-electron chi connectivity index (χ3n) is 3.12. The summed E-state index contributed by atoms with van der Waals surface area (Å²) in [5, 5.41) is 8.78. The zero-order valence-electron chi connectivity index (χ0n) is 10.7. The van der Waals surface area contributed by atoms with Crippen molar-refractivity contribution in [1.29, 1.82) is 0 Å². The lowest BCUT2D eigenvalue weighted by Gasteiger charge is -2.43. The number of carboxylic acid groups (broad SMARTS) is 1. The van der Waals surface area contributed by atoms with Crippen LogP contribution < -0.4 is 0 Å². The first-order valence-corrected chi connectivity index (χ1v) is 6.01. The highest BCUT2D eigenvalue weighted by atomic mass is 19.1. The van der Waals surface area contributed by atoms with E-state index in [9.17, 15) is 14.0 Å². The number of alkyl halides is 1. The van der Waals surface area contributed by atoms with Crippen LogP contribution in [0.3, 0.4) is 0 Å². The number of hydrogen-bond acceptors (Lipinski definition) is 3. The van der Waals surface area contributed by atoms with E-state index in [-0.39, 0.29) is 25.3 Å². The van der Waals surface area contributed by atoms with Crippen LogP contribution >= 0.6 is 0 Å². The van der Waals surface area contributed by atoms with E-state index in [1.807, 2.05) is 0 Å². The smallest absolute Gasteiger partial charge is 0.410 e. The Morgan fingerprint density at radius 2 is 2.00 bits per heavy atom. The molecule has 1 amide bonds. The Kier molecular flexibility index (Phi) is 3.74. The Morgan fingerprint density at radius 1 is 1.40 bits per heavy atom. The van der Waals surface area contributed by atoms with Crippen LogP contribution in [0.1, 0.15) is 15.9 Å². The van der Waals surface area contributed by atoms with Crippen LogP contribution in [-0.4, -0.2) is 41.8 Å². The van der Waals surface area contributed by atoms with Gasteiger partial charge in [0.1, 0.15) is 6.61 Å². The molecule has 1 N–H and O–H groups in total. The van der Waals surface area contributed by atoms with Crippen LogP contribution in [0.15, 0.2) is 36.9 Å². The molecule has 0 bridgehead atoms. The van der Waals surface area contributed by atoms with Crippen molar-refractivity contribution in [2.75, 3.05) is 19.7 Å². The Balaban J connectivity index is 1.99. The summed E-state index contributed by atoms with van der Waals surface area (Å²) in [5.41, 5.74) is -1.20. The summed E-state index contributed by atoms with van der Waals surface area (Å²) >= 11 is 0. The van der Waals surface area contributed by atoms with Crippen molar-refractivity contribution in [1.82, 2.24) is 4.90 Å². The maximum atomic E-state index is 14.5. The number of hydrogen-bond donors (Lipinski definition) is 1. The van der Waals surface area contributed by atoms with Crippen LogP contribution in [0.25, 0.3) is 0 Å². The summed E-state index contributed by atoms with van der Waals surface area (Å²) in [7, 11) is 0. The Labute approximate surface area is 115 Å². The molecule has 1 aliphatic heterocycles. The van der Waals surface area contributed by atoms with Gasteiger partial charge in [0.2, 0.25) is 0 Å². The van der Waals surface area contributed by atoms with Gasteiger partial charge >= 0.3 is 12.1 Å². The molecule has 1 fully saturated rings. The molecule has 1 saturated heterocycles. The van der Waals surface area contributed by atoms with Crippen molar-refractivity contribution in [3.05, 3.63) is 48.0 Å². The minimum atomic E-state index is -1.65. The lowest BCUT2D eigenvalue weighted by atomic mass is 9.88. The molecule has 1 aliphatic rings. The Morgan fingerprint density at radius 3 is 2.50 bits per heavy atom. The number of rotatable bonds is 4. The number of aromatic carboxylic acids is 1. The largest absolute Gasteiger partial charge is 0.478 e. The van der Waals surface area contributed by atoms with Gasteiger partial charge in [-0.2, -0.15) is 0 Å². The molecular formula is C14H14FNO4. The molecule has 0 radical (unpaired) electrons. The molecule has 0 atom stereocenters. The van der Waals surface area contributed by atoms with Crippen LogP contribution in [0.5, 0.6) is 0 Å². The maximum absolute atomic E-state index is 14.5. The molecule has 5 nitrogen and oxygen atoms in total. The van der Waals surface area contributed by atoms with Gasteiger partial charge in [0, 0.05) is 0 Å². The van der Waals surface area contributed by atoms with Crippen molar-refractivity contribution in [3.63, 3.8) is 0 Å². The van der Waals surface area contributed by atoms with Gasteiger partial charge < -0.3 is 14.7 Å². The SMILES string of the molecule is C=CCOC(=O)N1CC(F)(c2ccc(C(=O)O)cc2)C1. The van der Waals surface area contributed by atoms with Gasteiger partial charge in [-0.25, -0.2) is 14.0 Å². The van der Waals surface area contributed by atoms with Crippen molar-refractivity contribution < 1.29 is 23.8 Å². The van der Waals surface area contributed by atoms with Gasteiger partial charge in [-0.3, -0.25) is 0 Å². The van der Waals surface area contributed by atoms with Gasteiger partial charge in [-0.15, -0.1) is 0 Å². The third-order valence-corrected chi connectivity index (χ3v) is 3.12. The second-order valence-electron chi connectivity index (χ2n) is 4.57. The van der Waals surface area contributed by atoms with E-state index in [2.05, 4.69) is 6.58 Å². The summed E-state index contributed by atoms with van der Waals surface area (Å²) in [6.45, 7) is 3.30. The number of halogens is 1. The molecule has 0 saturated carbocycles. The Hall–Kier alpha value is -2.37. The van der Waals surface area contributed by atoms with Gasteiger partial charge in [-0.05, 0) is 17.7 Å². The molecule has 0 aromatic heterocycles. The number of carboxylic acids is 1. The average molecular weight is 279 g/mol. The minimum absolute atomic E-state index is 0.0852. The predicted molar refractivity (Wildman–Crippen MR) is 69.3 cm³/mol. The zero-order chi connectivity index (χ0) is 14.8. The van der Waals surface area contributed by atoms with E-state index >= 15 is 0 Å². The lowest BCUT2D eigenvalue weighted by molar-refractivity contribution is -0.0309. The third kappa shape index (κ3) is 2.64. The number of amides is 1. The predicted octanol–water partition coefficient (Wildman–Crippen LogP) is 2.19. The molecular weight excluding hydrogens is 265 g/mol. The molecule has 0 unspecified atom stereocenters. The molecule has 0 spiro atoms. The molecule has 6 heteroatoms. The fraction of sp³-hybridized carbons (Fsp3) is 0.286. The van der Waals surface area contributed by atoms with Gasteiger partial charge in [0.05, 0.1) is 18.7 Å². The zero-order valence-corrected chi connectivity index (χ0v) is 10.7. The van der Waals surface area contributed by atoms with Crippen molar-refractivity contribution in [2.24, 2.45) is 0 Å². The van der Waals surface area contributed by atoms with Gasteiger partial charge in [-0.1, -0.05) is 24.8 Å². The number of benzene rings is 1. The molecule has 1 aromatic rings. The highest BCUT2D eigenvalue weighted by Gasteiger charge is 2.47. The fourth-order valence-corrected chi connectivity index (χ4v) is 2.00. The van der Waals surface area contributed by atoms with E-state index in [0.717, 1.165) is 0 Å². The molecule has 1 heterocycles. The first kappa shape index (κ1) is 14.0. The quantitative estimate of drug-likeness (QED) is 0.858. The molecule has 1 aromatic carbocycles. The molecule has 2 rings (SSSR count). The van der Waals surface area contributed by atoms with E-state index in [0.29, 0.717) is 5.56 Å². The summed E-state index contributed by atoms with van der Waals surface area (Å²) in [6, 6.07) is 5.54. The standard InChI is InChI=1S/C14H14FNO4/c1-2-7-20-13(19)16-8-14(15,9-16)11-5-3-10(4-6-11)12(17)18/h2-6H,1,7-9H2,(H,17,18). The monoisotopic (exact) mass is 279 g/mol. The van der Waals surface area contributed by atoms with Crippen molar-refractivity contribution in [3.8, 4) is 0 Å². The lowest BCUT2D eigenvalue weighted by Crippen LogP contribution is -2.58. The minimum Gasteiger partial charge on any atom is -0.478 e. The summed E-state index contributed by atoms with van der Waals surface area (Å²) < 4.78 is 19.3. The number of nitrogens with zero attached hydrogens (tertiary/aromatic N) is 1. The highest BCUT2D eigenvalue weighted by molar-refractivity contribution is 5.87. The molecule has 106 valence electrons. The first-order valence-electron chi connectivity index (χ1n) is 6.01. The highest BCUT2D eigenvalue weighted by Crippen LogP contribution is 2.36. The van der Waals surface area contributed by atoms with E-state index in [4.69, 9.17) is 9.84 Å². The fourth-order valence-electron chi connectivity index (χ4n) is 2.00.